The first kappa shape index (κ1) is 11.3. The fraction of sp³-hybridized carbons (Fsp3) is 0.300. The van der Waals surface area contributed by atoms with Gasteiger partial charge in [-0.3, -0.25) is 0 Å². The molecule has 0 bridgehead atoms. The number of aryl methyl sites for hydroxylation is 1. The molecule has 2 rings (SSSR count). The van der Waals surface area contributed by atoms with Gasteiger partial charge in [0.2, 0.25) is 0 Å². The second-order valence-electron chi connectivity index (χ2n) is 3.25. The van der Waals surface area contributed by atoms with Crippen molar-refractivity contribution in [3.05, 3.63) is 36.9 Å². The summed E-state index contributed by atoms with van der Waals surface area (Å²) in [5, 5.41) is 12.7. The average molecular weight is 304 g/mol. The van der Waals surface area contributed by atoms with Crippen LogP contribution in [-0.2, 0) is 6.42 Å². The predicted molar refractivity (Wildman–Crippen MR) is 67.5 cm³/mol. The number of rotatable bonds is 3. The number of hydrogen-bond acceptors (Lipinski definition) is 4. The number of nitrogens with zero attached hydrogens (tertiary/aromatic N) is 1. The van der Waals surface area contributed by atoms with E-state index in [4.69, 9.17) is 0 Å². The third-order valence-corrected chi connectivity index (χ3v) is 4.66. The van der Waals surface area contributed by atoms with Gasteiger partial charge in [0.1, 0.15) is 11.1 Å². The van der Waals surface area contributed by atoms with Gasteiger partial charge in [0.25, 0.3) is 0 Å². The minimum Gasteiger partial charge on any atom is -0.386 e. The Hall–Kier alpha value is -0.230. The van der Waals surface area contributed by atoms with Gasteiger partial charge in [0, 0.05) is 22.4 Å². The second kappa shape index (κ2) is 4.74. The minimum absolute atomic E-state index is 0.478. The Kier molecular flexibility index (Phi) is 3.56. The topological polar surface area (TPSA) is 33.1 Å². The van der Waals surface area contributed by atoms with Crippen LogP contribution in [0.1, 0.15) is 21.7 Å². The molecule has 0 amide bonds. The molecule has 0 spiro atoms. The molecule has 0 saturated carbocycles. The summed E-state index contributed by atoms with van der Waals surface area (Å²) in [6, 6.07) is 4.03. The van der Waals surface area contributed by atoms with Crippen molar-refractivity contribution in [3.63, 3.8) is 0 Å². The van der Waals surface area contributed by atoms with E-state index in [9.17, 15) is 5.11 Å². The lowest BCUT2D eigenvalue weighted by Crippen LogP contribution is -1.99. The normalized spacial score (nSPS) is 13.0. The van der Waals surface area contributed by atoms with Crippen molar-refractivity contribution in [2.24, 2.45) is 0 Å². The van der Waals surface area contributed by atoms with E-state index in [0.29, 0.717) is 6.42 Å². The van der Waals surface area contributed by atoms with E-state index in [0.717, 1.165) is 14.5 Å². The maximum Gasteiger partial charge on any atom is 0.122 e. The summed E-state index contributed by atoms with van der Waals surface area (Å²) in [6.07, 6.45) is 0.165. The first-order valence-electron chi connectivity index (χ1n) is 4.49. The van der Waals surface area contributed by atoms with E-state index in [1.165, 1.54) is 16.2 Å². The molecule has 5 heteroatoms. The highest BCUT2D eigenvalue weighted by atomic mass is 79.9. The van der Waals surface area contributed by atoms with E-state index in [1.807, 2.05) is 24.4 Å². The van der Waals surface area contributed by atoms with Gasteiger partial charge in [0.15, 0.2) is 0 Å². The number of hydrogen-bond donors (Lipinski definition) is 1. The van der Waals surface area contributed by atoms with Crippen molar-refractivity contribution in [1.82, 2.24) is 4.98 Å². The van der Waals surface area contributed by atoms with Crippen LogP contribution in [0.4, 0.5) is 0 Å². The lowest BCUT2D eigenvalue weighted by Gasteiger charge is -2.04. The number of thiazole rings is 1. The van der Waals surface area contributed by atoms with E-state index < -0.39 is 6.10 Å². The molecule has 1 unspecified atom stereocenters. The van der Waals surface area contributed by atoms with Crippen LogP contribution in [0.5, 0.6) is 0 Å². The number of thiophene rings is 1. The quantitative estimate of drug-likeness (QED) is 0.940. The maximum atomic E-state index is 9.94. The van der Waals surface area contributed by atoms with Gasteiger partial charge >= 0.3 is 0 Å². The summed E-state index contributed by atoms with van der Waals surface area (Å²) in [4.78, 5) is 5.44. The zero-order chi connectivity index (χ0) is 10.8. The molecule has 2 aromatic rings. The molecule has 0 aliphatic rings. The lowest BCUT2D eigenvalue weighted by atomic mass is 10.2. The summed E-state index contributed by atoms with van der Waals surface area (Å²) < 4.78 is 1.10. The molecular weight excluding hydrogens is 294 g/mol. The Bertz CT molecular complexity index is 452. The molecule has 0 fully saturated rings. The molecule has 1 N–H and O–H groups in total. The lowest BCUT2D eigenvalue weighted by molar-refractivity contribution is 0.179. The molecule has 2 aromatic heterocycles. The van der Waals surface area contributed by atoms with Crippen molar-refractivity contribution in [1.29, 1.82) is 0 Å². The Balaban J connectivity index is 2.06. The standard InChI is InChI=1S/C10H10BrNOS2/c1-6-5-14-10(12-6)8(13)4-7-2-3-9(11)15-7/h2-3,5,8,13H,4H2,1H3. The molecule has 0 radical (unpaired) electrons. The third-order valence-electron chi connectivity index (χ3n) is 1.95. The number of aromatic nitrogens is 1. The Labute approximate surface area is 105 Å². The van der Waals surface area contributed by atoms with E-state index >= 15 is 0 Å². The van der Waals surface area contributed by atoms with Gasteiger partial charge in [-0.15, -0.1) is 22.7 Å². The first-order valence-corrected chi connectivity index (χ1v) is 6.98. The Morgan fingerprint density at radius 3 is 2.87 bits per heavy atom. The van der Waals surface area contributed by atoms with Crippen molar-refractivity contribution in [2.45, 2.75) is 19.4 Å². The van der Waals surface area contributed by atoms with Gasteiger partial charge in [0.05, 0.1) is 3.79 Å². The number of aliphatic hydroxyl groups is 1. The van der Waals surface area contributed by atoms with Crippen molar-refractivity contribution >= 4 is 38.6 Å². The minimum atomic E-state index is -0.478. The van der Waals surface area contributed by atoms with Crippen LogP contribution >= 0.6 is 38.6 Å². The predicted octanol–water partition coefficient (Wildman–Crippen LogP) is 3.55. The van der Waals surface area contributed by atoms with Gasteiger partial charge in [-0.05, 0) is 35.0 Å². The average Bonchev–Trinajstić information content (AvgIpc) is 2.75. The first-order chi connectivity index (χ1) is 7.15. The van der Waals surface area contributed by atoms with Crippen molar-refractivity contribution < 1.29 is 5.11 Å². The zero-order valence-corrected chi connectivity index (χ0v) is 11.3. The molecule has 0 aromatic carbocycles. The Morgan fingerprint density at radius 2 is 2.33 bits per heavy atom. The third kappa shape index (κ3) is 2.87. The van der Waals surface area contributed by atoms with Gasteiger partial charge in [-0.25, -0.2) is 4.98 Å². The number of halogens is 1. The van der Waals surface area contributed by atoms with Crippen molar-refractivity contribution in [2.75, 3.05) is 0 Å². The second-order valence-corrected chi connectivity index (χ2v) is 6.69. The highest BCUT2D eigenvalue weighted by molar-refractivity contribution is 9.11. The van der Waals surface area contributed by atoms with Gasteiger partial charge in [-0.2, -0.15) is 0 Å². The van der Waals surface area contributed by atoms with E-state index in [2.05, 4.69) is 20.9 Å². The molecular formula is C10H10BrNOS2. The fourth-order valence-electron chi connectivity index (χ4n) is 1.26. The molecule has 2 nitrogen and oxygen atoms in total. The molecule has 1 atom stereocenters. The monoisotopic (exact) mass is 303 g/mol. The molecule has 80 valence electrons. The molecule has 2 heterocycles. The largest absolute Gasteiger partial charge is 0.386 e. The summed E-state index contributed by atoms with van der Waals surface area (Å²) in [5.74, 6) is 0. The Morgan fingerprint density at radius 1 is 1.53 bits per heavy atom. The van der Waals surface area contributed by atoms with Gasteiger partial charge < -0.3 is 5.11 Å². The van der Waals surface area contributed by atoms with Crippen molar-refractivity contribution in [3.8, 4) is 0 Å². The number of aliphatic hydroxyl groups excluding tert-OH is 1. The van der Waals surface area contributed by atoms with E-state index in [1.54, 1.807) is 11.3 Å². The zero-order valence-electron chi connectivity index (χ0n) is 8.11. The highest BCUT2D eigenvalue weighted by Crippen LogP contribution is 2.27. The van der Waals surface area contributed by atoms with Crippen LogP contribution in [0.25, 0.3) is 0 Å². The van der Waals surface area contributed by atoms with Gasteiger partial charge in [-0.1, -0.05) is 0 Å². The molecule has 0 aliphatic carbocycles. The molecule has 0 saturated heterocycles. The summed E-state index contributed by atoms with van der Waals surface area (Å²) in [5.41, 5.74) is 0.974. The fourth-order valence-corrected chi connectivity index (χ4v) is 3.57. The van der Waals surface area contributed by atoms with Crippen LogP contribution in [0.15, 0.2) is 21.3 Å². The summed E-state index contributed by atoms with van der Waals surface area (Å²) in [6.45, 7) is 1.94. The SMILES string of the molecule is Cc1csc(C(O)Cc2ccc(Br)s2)n1. The maximum absolute atomic E-state index is 9.94. The summed E-state index contributed by atoms with van der Waals surface area (Å²) in [7, 11) is 0. The van der Waals surface area contributed by atoms with Crippen LogP contribution in [0, 0.1) is 6.92 Å². The van der Waals surface area contributed by atoms with E-state index in [-0.39, 0.29) is 0 Å². The molecule has 15 heavy (non-hydrogen) atoms. The van der Waals surface area contributed by atoms with Crippen LogP contribution < -0.4 is 0 Å². The van der Waals surface area contributed by atoms with Crippen LogP contribution in [0.2, 0.25) is 0 Å². The smallest absolute Gasteiger partial charge is 0.122 e. The van der Waals surface area contributed by atoms with Crippen LogP contribution in [-0.4, -0.2) is 10.1 Å². The summed E-state index contributed by atoms with van der Waals surface area (Å²) >= 11 is 6.57. The highest BCUT2D eigenvalue weighted by Gasteiger charge is 2.13. The van der Waals surface area contributed by atoms with Crippen LogP contribution in [0.3, 0.4) is 0 Å². The molecule has 0 aliphatic heterocycles.